The third-order valence-corrected chi connectivity index (χ3v) is 4.30. The minimum Gasteiger partial charge on any atom is -0.480 e. The topological polar surface area (TPSA) is 83.5 Å². The first-order valence-corrected chi connectivity index (χ1v) is 9.26. The lowest BCUT2D eigenvalue weighted by Gasteiger charge is -2.14. The number of aliphatic hydroxyl groups excluding tert-OH is 1. The van der Waals surface area contributed by atoms with Gasteiger partial charge in [0.05, 0.1) is 6.10 Å². The lowest BCUT2D eigenvalue weighted by Crippen LogP contribution is -2.41. The fraction of sp³-hybridized carbons (Fsp3) is 0.944. The number of unbranched alkanes of at least 4 members (excludes halogenated alkanes) is 12. The van der Waals surface area contributed by atoms with Gasteiger partial charge in [0.15, 0.2) is 0 Å². The van der Waals surface area contributed by atoms with E-state index < -0.39 is 18.1 Å². The Labute approximate surface area is 136 Å². The first kappa shape index (κ1) is 21.4. The average Bonchev–Trinajstić information content (AvgIpc) is 2.50. The Morgan fingerprint density at radius 3 is 1.55 bits per heavy atom. The molecular formula is C18H37NO3. The molecule has 2 atom stereocenters. The van der Waals surface area contributed by atoms with Crippen LogP contribution in [0.4, 0.5) is 0 Å². The first-order chi connectivity index (χ1) is 10.6. The summed E-state index contributed by atoms with van der Waals surface area (Å²) in [7, 11) is 0. The molecule has 4 N–H and O–H groups in total. The van der Waals surface area contributed by atoms with Crippen molar-refractivity contribution in [1.29, 1.82) is 0 Å². The molecule has 0 radical (unpaired) electrons. The highest BCUT2D eigenvalue weighted by Gasteiger charge is 2.20. The van der Waals surface area contributed by atoms with Crippen LogP contribution in [0.5, 0.6) is 0 Å². The van der Waals surface area contributed by atoms with E-state index in [0.29, 0.717) is 6.42 Å². The number of carboxylic acid groups (broad SMARTS) is 1. The lowest BCUT2D eigenvalue weighted by molar-refractivity contribution is -0.141. The van der Waals surface area contributed by atoms with Gasteiger partial charge in [-0.25, -0.2) is 0 Å². The van der Waals surface area contributed by atoms with E-state index in [4.69, 9.17) is 10.8 Å². The van der Waals surface area contributed by atoms with Crippen molar-refractivity contribution in [2.45, 2.75) is 109 Å². The highest BCUT2D eigenvalue weighted by Crippen LogP contribution is 2.13. The summed E-state index contributed by atoms with van der Waals surface area (Å²) in [5.41, 5.74) is 5.36. The SMILES string of the molecule is CCCCCCCCCCCCCCC[C@@H](O)[C@H](N)C(=O)O. The van der Waals surface area contributed by atoms with Crippen LogP contribution in [0.3, 0.4) is 0 Å². The predicted octanol–water partition coefficient (Wildman–Crippen LogP) is 4.24. The zero-order valence-corrected chi connectivity index (χ0v) is 14.4. The van der Waals surface area contributed by atoms with E-state index in [2.05, 4.69) is 6.92 Å². The standard InChI is InChI=1S/C18H37NO3/c1-2-3-4-5-6-7-8-9-10-11-12-13-14-15-16(20)17(19)18(21)22/h16-17,20H,2-15,19H2,1H3,(H,21,22)/t16-,17+/m1/s1. The summed E-state index contributed by atoms with van der Waals surface area (Å²) in [4.78, 5) is 10.6. The van der Waals surface area contributed by atoms with Crippen molar-refractivity contribution in [3.05, 3.63) is 0 Å². The van der Waals surface area contributed by atoms with Crippen molar-refractivity contribution >= 4 is 5.97 Å². The molecule has 0 aromatic heterocycles. The quantitative estimate of drug-likeness (QED) is 0.372. The van der Waals surface area contributed by atoms with Gasteiger partial charge in [-0.05, 0) is 6.42 Å². The number of nitrogens with two attached hydrogens (primary N) is 1. The van der Waals surface area contributed by atoms with Crippen molar-refractivity contribution < 1.29 is 15.0 Å². The van der Waals surface area contributed by atoms with Gasteiger partial charge >= 0.3 is 5.97 Å². The molecule has 0 aliphatic rings. The molecular weight excluding hydrogens is 278 g/mol. The van der Waals surface area contributed by atoms with Crippen LogP contribution in [-0.4, -0.2) is 28.3 Å². The summed E-state index contributed by atoms with van der Waals surface area (Å²) in [6.07, 6.45) is 16.2. The predicted molar refractivity (Wildman–Crippen MR) is 91.9 cm³/mol. The molecule has 0 saturated carbocycles. The Morgan fingerprint density at radius 2 is 1.18 bits per heavy atom. The van der Waals surface area contributed by atoms with Gasteiger partial charge in [0.1, 0.15) is 6.04 Å². The maximum Gasteiger partial charge on any atom is 0.323 e. The van der Waals surface area contributed by atoms with E-state index in [-0.39, 0.29) is 0 Å². The molecule has 0 aliphatic carbocycles. The van der Waals surface area contributed by atoms with Gasteiger partial charge in [0.25, 0.3) is 0 Å². The molecule has 4 nitrogen and oxygen atoms in total. The van der Waals surface area contributed by atoms with Gasteiger partial charge in [0, 0.05) is 0 Å². The molecule has 0 amide bonds. The van der Waals surface area contributed by atoms with Crippen LogP contribution in [0.15, 0.2) is 0 Å². The number of aliphatic carboxylic acids is 1. The minimum atomic E-state index is -1.14. The summed E-state index contributed by atoms with van der Waals surface area (Å²) in [5, 5.41) is 18.2. The fourth-order valence-corrected chi connectivity index (χ4v) is 2.72. The molecule has 0 aromatic rings. The largest absolute Gasteiger partial charge is 0.480 e. The molecule has 22 heavy (non-hydrogen) atoms. The molecule has 0 heterocycles. The number of hydrogen-bond acceptors (Lipinski definition) is 3. The number of aliphatic hydroxyl groups is 1. The van der Waals surface area contributed by atoms with Crippen molar-refractivity contribution in [3.63, 3.8) is 0 Å². The lowest BCUT2D eigenvalue weighted by atomic mass is 10.0. The Hall–Kier alpha value is -0.610. The zero-order valence-electron chi connectivity index (χ0n) is 14.4. The van der Waals surface area contributed by atoms with E-state index in [0.717, 1.165) is 12.8 Å². The van der Waals surface area contributed by atoms with Crippen LogP contribution >= 0.6 is 0 Å². The van der Waals surface area contributed by atoms with Gasteiger partial charge in [-0.15, -0.1) is 0 Å². The fourth-order valence-electron chi connectivity index (χ4n) is 2.72. The van der Waals surface area contributed by atoms with Crippen LogP contribution in [0.25, 0.3) is 0 Å². The number of carbonyl (C=O) groups is 1. The minimum absolute atomic E-state index is 0.491. The Bertz CT molecular complexity index is 259. The zero-order chi connectivity index (χ0) is 16.6. The smallest absolute Gasteiger partial charge is 0.323 e. The molecule has 0 rings (SSSR count). The summed E-state index contributed by atoms with van der Waals surface area (Å²) < 4.78 is 0. The summed E-state index contributed by atoms with van der Waals surface area (Å²) >= 11 is 0. The second-order valence-electron chi connectivity index (χ2n) is 6.46. The van der Waals surface area contributed by atoms with E-state index >= 15 is 0 Å². The number of rotatable bonds is 16. The second kappa shape index (κ2) is 15.3. The summed E-state index contributed by atoms with van der Waals surface area (Å²) in [5.74, 6) is -1.12. The molecule has 0 aliphatic heterocycles. The molecule has 0 fully saturated rings. The molecule has 0 spiro atoms. The van der Waals surface area contributed by atoms with Gasteiger partial charge in [-0.1, -0.05) is 90.4 Å². The Kier molecular flexibility index (Phi) is 14.9. The van der Waals surface area contributed by atoms with Crippen molar-refractivity contribution in [3.8, 4) is 0 Å². The third-order valence-electron chi connectivity index (χ3n) is 4.30. The number of carboxylic acids is 1. The van der Waals surface area contributed by atoms with Crippen LogP contribution in [0.2, 0.25) is 0 Å². The highest BCUT2D eigenvalue weighted by atomic mass is 16.4. The van der Waals surface area contributed by atoms with Gasteiger partial charge in [0.2, 0.25) is 0 Å². The van der Waals surface area contributed by atoms with E-state index in [1.807, 2.05) is 0 Å². The van der Waals surface area contributed by atoms with Crippen molar-refractivity contribution in [1.82, 2.24) is 0 Å². The number of hydrogen-bond donors (Lipinski definition) is 3. The average molecular weight is 315 g/mol. The molecule has 0 aromatic carbocycles. The van der Waals surface area contributed by atoms with E-state index in [1.165, 1.54) is 70.6 Å². The first-order valence-electron chi connectivity index (χ1n) is 9.26. The van der Waals surface area contributed by atoms with Crippen molar-refractivity contribution in [2.75, 3.05) is 0 Å². The maximum absolute atomic E-state index is 10.6. The molecule has 0 saturated heterocycles. The highest BCUT2D eigenvalue weighted by molar-refractivity contribution is 5.73. The van der Waals surface area contributed by atoms with Crippen LogP contribution in [0, 0.1) is 0 Å². The van der Waals surface area contributed by atoms with Crippen molar-refractivity contribution in [2.24, 2.45) is 5.73 Å². The monoisotopic (exact) mass is 315 g/mol. The second-order valence-corrected chi connectivity index (χ2v) is 6.46. The van der Waals surface area contributed by atoms with Crippen LogP contribution < -0.4 is 5.73 Å². The van der Waals surface area contributed by atoms with Crippen LogP contribution in [-0.2, 0) is 4.79 Å². The van der Waals surface area contributed by atoms with E-state index in [9.17, 15) is 9.90 Å². The summed E-state index contributed by atoms with van der Waals surface area (Å²) in [6, 6.07) is -1.14. The van der Waals surface area contributed by atoms with Gasteiger partial charge in [-0.3, -0.25) is 4.79 Å². The van der Waals surface area contributed by atoms with Crippen LogP contribution in [0.1, 0.15) is 96.8 Å². The van der Waals surface area contributed by atoms with Gasteiger partial charge < -0.3 is 15.9 Å². The maximum atomic E-state index is 10.6. The molecule has 132 valence electrons. The Morgan fingerprint density at radius 1 is 0.818 bits per heavy atom. The normalized spacial score (nSPS) is 14.0. The van der Waals surface area contributed by atoms with Gasteiger partial charge in [-0.2, -0.15) is 0 Å². The van der Waals surface area contributed by atoms with E-state index in [1.54, 1.807) is 0 Å². The molecule has 0 bridgehead atoms. The Balaban J connectivity index is 3.19. The third kappa shape index (κ3) is 13.1. The molecule has 0 unspecified atom stereocenters. The summed E-state index contributed by atoms with van der Waals surface area (Å²) in [6.45, 7) is 2.25. The molecule has 4 heteroatoms.